The van der Waals surface area contributed by atoms with Crippen LogP contribution in [0.25, 0.3) is 0 Å². The third-order valence-electron chi connectivity index (χ3n) is 4.67. The molecule has 0 unspecified atom stereocenters. The molecule has 3 heterocycles. The van der Waals surface area contributed by atoms with Gasteiger partial charge in [-0.25, -0.2) is 8.42 Å². The zero-order chi connectivity index (χ0) is 18.3. The van der Waals surface area contributed by atoms with Gasteiger partial charge in [0, 0.05) is 30.4 Å². The standard InChI is InChI=1S/C17H19N3O5S/c1-2-19-9-13(8-18-19)14-10-26(22,23)6-5-20(14)17(21)12-3-4-15-16(7-12)25-11-24-15/h3-4,7-9,14H,2,5-6,10-11H2,1H3/t14-/m1/s1. The fourth-order valence-corrected chi connectivity index (χ4v) is 4.74. The summed E-state index contributed by atoms with van der Waals surface area (Å²) in [5.74, 6) is 0.757. The largest absolute Gasteiger partial charge is 0.454 e. The molecule has 1 fully saturated rings. The number of hydrogen-bond acceptors (Lipinski definition) is 6. The molecule has 0 saturated carbocycles. The zero-order valence-corrected chi connectivity index (χ0v) is 15.1. The van der Waals surface area contributed by atoms with E-state index in [-0.39, 0.29) is 30.8 Å². The minimum Gasteiger partial charge on any atom is -0.454 e. The van der Waals surface area contributed by atoms with Gasteiger partial charge in [0.2, 0.25) is 6.79 Å². The molecule has 2 aliphatic rings. The van der Waals surface area contributed by atoms with Crippen LogP contribution in [-0.4, -0.2) is 53.8 Å². The van der Waals surface area contributed by atoms with Gasteiger partial charge < -0.3 is 14.4 Å². The molecule has 9 heteroatoms. The number of hydrogen-bond donors (Lipinski definition) is 0. The molecule has 0 aliphatic carbocycles. The van der Waals surface area contributed by atoms with Crippen molar-refractivity contribution in [3.05, 3.63) is 41.7 Å². The second kappa shape index (κ2) is 6.31. The highest BCUT2D eigenvalue weighted by atomic mass is 32.2. The Morgan fingerprint density at radius 2 is 2.12 bits per heavy atom. The van der Waals surface area contributed by atoms with E-state index in [1.807, 2.05) is 6.92 Å². The molecule has 26 heavy (non-hydrogen) atoms. The van der Waals surface area contributed by atoms with Crippen molar-refractivity contribution in [2.45, 2.75) is 19.5 Å². The van der Waals surface area contributed by atoms with E-state index in [0.717, 1.165) is 5.56 Å². The van der Waals surface area contributed by atoms with Gasteiger partial charge in [-0.15, -0.1) is 0 Å². The van der Waals surface area contributed by atoms with E-state index in [1.54, 1.807) is 40.2 Å². The molecule has 2 aliphatic heterocycles. The molecular formula is C17H19N3O5S. The van der Waals surface area contributed by atoms with Crippen molar-refractivity contribution in [2.24, 2.45) is 0 Å². The molecule has 0 spiro atoms. The second-order valence-electron chi connectivity index (χ2n) is 6.33. The minimum absolute atomic E-state index is 0.0400. The Bertz CT molecular complexity index is 953. The minimum atomic E-state index is -3.21. The maximum Gasteiger partial charge on any atom is 0.254 e. The Balaban J connectivity index is 1.67. The van der Waals surface area contributed by atoms with Crippen molar-refractivity contribution in [3.8, 4) is 11.5 Å². The van der Waals surface area contributed by atoms with Gasteiger partial charge in [0.1, 0.15) is 0 Å². The summed E-state index contributed by atoms with van der Waals surface area (Å²) in [4.78, 5) is 14.7. The number of carbonyl (C=O) groups excluding carboxylic acids is 1. The molecule has 4 rings (SSSR count). The summed E-state index contributed by atoms with van der Waals surface area (Å²) < 4.78 is 36.7. The van der Waals surface area contributed by atoms with Crippen LogP contribution >= 0.6 is 0 Å². The maximum atomic E-state index is 13.1. The van der Waals surface area contributed by atoms with E-state index < -0.39 is 15.9 Å². The van der Waals surface area contributed by atoms with Crippen molar-refractivity contribution >= 4 is 15.7 Å². The van der Waals surface area contributed by atoms with Crippen LogP contribution in [0.2, 0.25) is 0 Å². The van der Waals surface area contributed by atoms with Crippen LogP contribution in [0.15, 0.2) is 30.6 Å². The Morgan fingerprint density at radius 3 is 2.88 bits per heavy atom. The first kappa shape index (κ1) is 16.9. The number of amides is 1. The van der Waals surface area contributed by atoms with Gasteiger partial charge in [0.05, 0.1) is 23.7 Å². The lowest BCUT2D eigenvalue weighted by Crippen LogP contribution is -2.46. The summed E-state index contributed by atoms with van der Waals surface area (Å²) in [6.45, 7) is 2.91. The van der Waals surface area contributed by atoms with Gasteiger partial charge >= 0.3 is 0 Å². The summed E-state index contributed by atoms with van der Waals surface area (Å²) in [5.41, 5.74) is 1.17. The first-order valence-electron chi connectivity index (χ1n) is 8.40. The Hall–Kier alpha value is -2.55. The van der Waals surface area contributed by atoms with E-state index in [4.69, 9.17) is 9.47 Å². The molecular weight excluding hydrogens is 358 g/mol. The Kier molecular flexibility index (Phi) is 4.10. The molecule has 0 N–H and O–H groups in total. The number of carbonyl (C=O) groups is 1. The molecule has 8 nitrogen and oxygen atoms in total. The SMILES string of the molecule is CCn1cc([C@H]2CS(=O)(=O)CCN2C(=O)c2ccc3c(c2)OCO3)cn1. The van der Waals surface area contributed by atoms with Gasteiger partial charge in [-0.2, -0.15) is 5.10 Å². The number of sulfone groups is 1. The average Bonchev–Trinajstić information content (AvgIpc) is 3.28. The van der Waals surface area contributed by atoms with Crippen LogP contribution in [0.4, 0.5) is 0 Å². The molecule has 1 aromatic heterocycles. The zero-order valence-electron chi connectivity index (χ0n) is 14.3. The monoisotopic (exact) mass is 377 g/mol. The van der Waals surface area contributed by atoms with E-state index in [2.05, 4.69) is 5.10 Å². The molecule has 1 saturated heterocycles. The van der Waals surface area contributed by atoms with Crippen molar-refractivity contribution in [3.63, 3.8) is 0 Å². The Labute approximate surface area is 151 Å². The third-order valence-corrected chi connectivity index (χ3v) is 6.30. The van der Waals surface area contributed by atoms with Crippen molar-refractivity contribution in [1.82, 2.24) is 14.7 Å². The highest BCUT2D eigenvalue weighted by Gasteiger charge is 2.36. The summed E-state index contributed by atoms with van der Waals surface area (Å²) in [6.07, 6.45) is 3.43. The number of aryl methyl sites for hydroxylation is 1. The Morgan fingerprint density at radius 1 is 1.31 bits per heavy atom. The van der Waals surface area contributed by atoms with Crippen molar-refractivity contribution in [1.29, 1.82) is 0 Å². The maximum absolute atomic E-state index is 13.1. The first-order valence-corrected chi connectivity index (χ1v) is 10.2. The fraction of sp³-hybridized carbons (Fsp3) is 0.412. The fourth-order valence-electron chi connectivity index (χ4n) is 3.25. The quantitative estimate of drug-likeness (QED) is 0.799. The van der Waals surface area contributed by atoms with E-state index >= 15 is 0 Å². The number of benzene rings is 1. The predicted octanol–water partition coefficient (Wildman–Crippen LogP) is 1.24. The topological polar surface area (TPSA) is 90.7 Å². The van der Waals surface area contributed by atoms with E-state index in [0.29, 0.717) is 23.6 Å². The lowest BCUT2D eigenvalue weighted by Gasteiger charge is -2.35. The molecule has 1 amide bonds. The third kappa shape index (κ3) is 3.03. The van der Waals surface area contributed by atoms with Crippen molar-refractivity contribution in [2.75, 3.05) is 24.8 Å². The van der Waals surface area contributed by atoms with Gasteiger partial charge in [-0.05, 0) is 25.1 Å². The summed E-state index contributed by atoms with van der Waals surface area (Å²) in [6, 6.07) is 4.46. The summed E-state index contributed by atoms with van der Waals surface area (Å²) in [7, 11) is -3.21. The molecule has 1 aromatic carbocycles. The number of nitrogens with zero attached hydrogens (tertiary/aromatic N) is 3. The van der Waals surface area contributed by atoms with Crippen LogP contribution in [0.1, 0.15) is 28.9 Å². The van der Waals surface area contributed by atoms with Crippen LogP contribution in [0.3, 0.4) is 0 Å². The summed E-state index contributed by atoms with van der Waals surface area (Å²) in [5, 5.41) is 4.22. The normalized spacial score (nSPS) is 21.0. The molecule has 1 atom stereocenters. The molecule has 0 radical (unpaired) electrons. The van der Waals surface area contributed by atoms with Crippen LogP contribution in [-0.2, 0) is 16.4 Å². The number of aromatic nitrogens is 2. The van der Waals surface area contributed by atoms with Gasteiger partial charge in [-0.3, -0.25) is 9.48 Å². The predicted molar refractivity (Wildman–Crippen MR) is 92.9 cm³/mol. The lowest BCUT2D eigenvalue weighted by molar-refractivity contribution is 0.0697. The van der Waals surface area contributed by atoms with Crippen LogP contribution < -0.4 is 9.47 Å². The van der Waals surface area contributed by atoms with Gasteiger partial charge in [0.25, 0.3) is 5.91 Å². The molecule has 0 bridgehead atoms. The number of fused-ring (bicyclic) bond motifs is 1. The number of ether oxygens (including phenoxy) is 2. The van der Waals surface area contributed by atoms with E-state index in [1.165, 1.54) is 0 Å². The van der Waals surface area contributed by atoms with E-state index in [9.17, 15) is 13.2 Å². The smallest absolute Gasteiger partial charge is 0.254 e. The van der Waals surface area contributed by atoms with Crippen molar-refractivity contribution < 1.29 is 22.7 Å². The summed E-state index contributed by atoms with van der Waals surface area (Å²) >= 11 is 0. The lowest BCUT2D eigenvalue weighted by atomic mass is 10.1. The highest BCUT2D eigenvalue weighted by Crippen LogP contribution is 2.34. The first-order chi connectivity index (χ1) is 12.5. The molecule has 138 valence electrons. The van der Waals surface area contributed by atoms with Gasteiger partial charge in [0.15, 0.2) is 21.3 Å². The van der Waals surface area contributed by atoms with Crippen LogP contribution in [0, 0.1) is 0 Å². The average molecular weight is 377 g/mol. The highest BCUT2D eigenvalue weighted by molar-refractivity contribution is 7.91. The van der Waals surface area contributed by atoms with Crippen LogP contribution in [0.5, 0.6) is 11.5 Å². The molecule has 2 aromatic rings. The van der Waals surface area contributed by atoms with Gasteiger partial charge in [-0.1, -0.05) is 0 Å². The second-order valence-corrected chi connectivity index (χ2v) is 8.55. The number of rotatable bonds is 3.